The molecule has 42 heavy (non-hydrogen) atoms. The van der Waals surface area contributed by atoms with Gasteiger partial charge in [-0.3, -0.25) is 0 Å². The number of hydrogen-bond donors (Lipinski definition) is 0. The van der Waals surface area contributed by atoms with Gasteiger partial charge in [0.25, 0.3) is 0 Å². The molecule has 6 nitrogen and oxygen atoms in total. The molecule has 0 N–H and O–H groups in total. The standard InChI is InChI=1S/C35H51NO5Si/c1-23(2)29-21-30(27(8)31(22-29)41-35(38)36(24(3)4)25(5)6)32(20-26(7)18-19-42(10,11)12)40-34(37)33(39-9)28-16-14-13-15-17-28/h13-17,20,24-25,29-30,32-33H,1,21-22H2,2-12H3/b26-20+/t29-,30+,32-,33-/m1/s1. The molecule has 0 saturated heterocycles. The van der Waals surface area contributed by atoms with Crippen molar-refractivity contribution in [2.75, 3.05) is 7.11 Å². The number of allylic oxidation sites excluding steroid dienone is 3. The Bertz CT molecular complexity index is 1220. The third-order valence-electron chi connectivity index (χ3n) is 7.45. The predicted molar refractivity (Wildman–Crippen MR) is 173 cm³/mol. The highest BCUT2D eigenvalue weighted by Crippen LogP contribution is 2.41. The summed E-state index contributed by atoms with van der Waals surface area (Å²) in [6.07, 6.45) is 1.31. The number of hydrogen-bond acceptors (Lipinski definition) is 5. The molecular formula is C35H51NO5Si. The topological polar surface area (TPSA) is 65.1 Å². The van der Waals surface area contributed by atoms with Crippen LogP contribution in [0, 0.1) is 23.3 Å². The lowest BCUT2D eigenvalue weighted by Crippen LogP contribution is -2.43. The number of benzene rings is 1. The summed E-state index contributed by atoms with van der Waals surface area (Å²) in [5, 5.41) is 0. The third-order valence-corrected chi connectivity index (χ3v) is 8.32. The van der Waals surface area contributed by atoms with E-state index in [9.17, 15) is 9.59 Å². The number of nitrogens with zero attached hydrogens (tertiary/aromatic N) is 1. The highest BCUT2D eigenvalue weighted by Gasteiger charge is 2.37. The van der Waals surface area contributed by atoms with Crippen molar-refractivity contribution in [3.63, 3.8) is 0 Å². The highest BCUT2D eigenvalue weighted by molar-refractivity contribution is 6.83. The molecule has 4 atom stereocenters. The van der Waals surface area contributed by atoms with Crippen molar-refractivity contribution in [3.8, 4) is 11.5 Å². The second kappa shape index (κ2) is 15.4. The Morgan fingerprint density at radius 2 is 1.67 bits per heavy atom. The molecule has 7 heteroatoms. The smallest absolute Gasteiger partial charge is 0.415 e. The molecule has 0 aromatic heterocycles. The second-order valence-electron chi connectivity index (χ2n) is 12.9. The van der Waals surface area contributed by atoms with Gasteiger partial charge in [0.1, 0.15) is 19.9 Å². The number of esters is 1. The quantitative estimate of drug-likeness (QED) is 0.118. The number of rotatable bonds is 10. The van der Waals surface area contributed by atoms with Crippen molar-refractivity contribution < 1.29 is 23.8 Å². The lowest BCUT2D eigenvalue weighted by atomic mass is 9.75. The molecule has 1 aliphatic carbocycles. The Kier molecular flexibility index (Phi) is 12.9. The molecular weight excluding hydrogens is 542 g/mol. The predicted octanol–water partition coefficient (Wildman–Crippen LogP) is 8.24. The molecule has 1 aromatic rings. The summed E-state index contributed by atoms with van der Waals surface area (Å²) in [6, 6.07) is 9.30. The maximum atomic E-state index is 13.6. The average Bonchev–Trinajstić information content (AvgIpc) is 2.88. The molecule has 0 radical (unpaired) electrons. The van der Waals surface area contributed by atoms with Crippen LogP contribution >= 0.6 is 0 Å². The lowest BCUT2D eigenvalue weighted by Gasteiger charge is -2.37. The van der Waals surface area contributed by atoms with Gasteiger partial charge < -0.3 is 19.1 Å². The van der Waals surface area contributed by atoms with Crippen LogP contribution in [0.5, 0.6) is 0 Å². The molecule has 0 bridgehead atoms. The van der Waals surface area contributed by atoms with Gasteiger partial charge in [-0.25, -0.2) is 9.59 Å². The SMILES string of the molecule is C=C(C)[C@H]1CC(OC(=O)N(C(C)C)C(C)C)=C(C)[C@@H]([C@@H](/C=C(\C)C#C[Si](C)(C)C)OC(=O)[C@H](OC)c2ccccc2)C1. The highest BCUT2D eigenvalue weighted by atomic mass is 28.3. The van der Waals surface area contributed by atoms with Gasteiger partial charge in [0.2, 0.25) is 0 Å². The number of carbonyl (C=O) groups excluding carboxylic acids is 2. The summed E-state index contributed by atoms with van der Waals surface area (Å²) in [6.45, 7) is 24.6. The molecule has 1 amide bonds. The van der Waals surface area contributed by atoms with Gasteiger partial charge in [-0.05, 0) is 83.6 Å². The van der Waals surface area contributed by atoms with Gasteiger partial charge in [-0.2, -0.15) is 0 Å². The zero-order valence-corrected chi connectivity index (χ0v) is 28.5. The second-order valence-corrected chi connectivity index (χ2v) is 17.7. The molecule has 0 saturated carbocycles. The minimum Gasteiger partial charge on any atom is -0.455 e. The Balaban J connectivity index is 2.59. The fourth-order valence-corrected chi connectivity index (χ4v) is 5.78. The lowest BCUT2D eigenvalue weighted by molar-refractivity contribution is -0.161. The van der Waals surface area contributed by atoms with E-state index in [-0.39, 0.29) is 30.0 Å². The van der Waals surface area contributed by atoms with Crippen LogP contribution in [0.25, 0.3) is 0 Å². The molecule has 0 heterocycles. The van der Waals surface area contributed by atoms with Gasteiger partial charge in [-0.1, -0.05) is 68.0 Å². The molecule has 0 aliphatic heterocycles. The monoisotopic (exact) mass is 593 g/mol. The van der Waals surface area contributed by atoms with Crippen LogP contribution in [0.4, 0.5) is 4.79 Å². The van der Waals surface area contributed by atoms with Crippen LogP contribution in [0.15, 0.2) is 65.5 Å². The summed E-state index contributed by atoms with van der Waals surface area (Å²) in [4.78, 5) is 28.7. The molecule has 0 spiro atoms. The van der Waals surface area contributed by atoms with E-state index in [1.54, 1.807) is 4.90 Å². The van der Waals surface area contributed by atoms with Crippen LogP contribution in [-0.4, -0.2) is 50.3 Å². The van der Waals surface area contributed by atoms with Crippen LogP contribution in [-0.2, 0) is 19.0 Å². The van der Waals surface area contributed by atoms with Crippen molar-refractivity contribution in [3.05, 3.63) is 71.0 Å². The molecule has 0 fully saturated rings. The number of amides is 1. The van der Waals surface area contributed by atoms with E-state index in [4.69, 9.17) is 14.2 Å². The zero-order valence-electron chi connectivity index (χ0n) is 27.5. The van der Waals surface area contributed by atoms with E-state index in [0.717, 1.165) is 22.3 Å². The van der Waals surface area contributed by atoms with Crippen LogP contribution < -0.4 is 0 Å². The Morgan fingerprint density at radius 1 is 1.07 bits per heavy atom. The van der Waals surface area contributed by atoms with Gasteiger partial charge in [0.15, 0.2) is 6.10 Å². The summed E-state index contributed by atoms with van der Waals surface area (Å²) >= 11 is 0. The average molecular weight is 594 g/mol. The summed E-state index contributed by atoms with van der Waals surface area (Å²) in [7, 11) is -0.117. The van der Waals surface area contributed by atoms with E-state index < -0.39 is 26.3 Å². The first-order chi connectivity index (χ1) is 19.5. The minimum absolute atomic E-state index is 0.0112. The van der Waals surface area contributed by atoms with Gasteiger partial charge in [0, 0.05) is 31.5 Å². The Morgan fingerprint density at radius 3 is 2.17 bits per heavy atom. The van der Waals surface area contributed by atoms with Gasteiger partial charge in [0.05, 0.1) is 0 Å². The third kappa shape index (κ3) is 10.0. The number of ether oxygens (including phenoxy) is 3. The maximum Gasteiger partial charge on any atom is 0.415 e. The van der Waals surface area contributed by atoms with E-state index in [0.29, 0.717) is 18.6 Å². The normalized spacial score (nSPS) is 19.1. The summed E-state index contributed by atoms with van der Waals surface area (Å²) in [5.74, 6) is 3.25. The van der Waals surface area contributed by atoms with Crippen molar-refractivity contribution in [1.29, 1.82) is 0 Å². The van der Waals surface area contributed by atoms with Crippen LogP contribution in [0.3, 0.4) is 0 Å². The van der Waals surface area contributed by atoms with E-state index in [2.05, 4.69) is 37.7 Å². The zero-order chi connectivity index (χ0) is 31.8. The first-order valence-corrected chi connectivity index (χ1v) is 18.4. The molecule has 1 aliphatic rings. The molecule has 1 aromatic carbocycles. The molecule has 0 unspecified atom stereocenters. The van der Waals surface area contributed by atoms with Crippen LogP contribution in [0.1, 0.15) is 73.0 Å². The van der Waals surface area contributed by atoms with Crippen molar-refractivity contribution in [2.45, 2.75) is 105 Å². The minimum atomic E-state index is -1.62. The summed E-state index contributed by atoms with van der Waals surface area (Å²) in [5.41, 5.74) is 6.84. The van der Waals surface area contributed by atoms with Crippen molar-refractivity contribution >= 4 is 20.1 Å². The van der Waals surface area contributed by atoms with Crippen LogP contribution in [0.2, 0.25) is 19.6 Å². The van der Waals surface area contributed by atoms with E-state index in [1.165, 1.54) is 7.11 Å². The first-order valence-electron chi connectivity index (χ1n) is 14.9. The van der Waals surface area contributed by atoms with Gasteiger partial charge in [-0.15, -0.1) is 5.54 Å². The molecule has 230 valence electrons. The van der Waals surface area contributed by atoms with E-state index in [1.807, 2.05) is 84.9 Å². The fourth-order valence-electron chi connectivity index (χ4n) is 5.21. The largest absolute Gasteiger partial charge is 0.455 e. The maximum absolute atomic E-state index is 13.6. The number of carbonyl (C=O) groups is 2. The Hall–Kier alpha value is -3.08. The summed E-state index contributed by atoms with van der Waals surface area (Å²) < 4.78 is 18.0. The van der Waals surface area contributed by atoms with Crippen molar-refractivity contribution in [1.82, 2.24) is 4.90 Å². The van der Waals surface area contributed by atoms with Crippen molar-refractivity contribution in [2.24, 2.45) is 11.8 Å². The van der Waals surface area contributed by atoms with Gasteiger partial charge >= 0.3 is 12.1 Å². The molecule has 2 rings (SSSR count). The first kappa shape index (κ1) is 35.1. The van der Waals surface area contributed by atoms with E-state index >= 15 is 0 Å². The number of methoxy groups -OCH3 is 1. The Labute approximate surface area is 255 Å². The fraction of sp³-hybridized carbons (Fsp3) is 0.543.